The average molecular weight is 1460 g/mol. The van der Waals surface area contributed by atoms with Gasteiger partial charge in [-0.15, -0.1) is 0 Å². The first-order valence-electron chi connectivity index (χ1n) is 39.5. The number of allylic oxidation sites excluding steroid dienone is 2. The number of carbonyl (C=O) groups is 3. The van der Waals surface area contributed by atoms with Crippen LogP contribution >= 0.6 is 7.82 Å². The van der Waals surface area contributed by atoms with Gasteiger partial charge in [0, 0.05) is 19.3 Å². The number of hydrogen-bond acceptors (Lipinski definition) is 23. The Morgan fingerprint density at radius 2 is 0.700 bits per heavy atom. The van der Waals surface area contributed by atoms with Crippen molar-refractivity contribution in [3.8, 4) is 0 Å². The number of phosphoric acid groups is 1. The molecule has 18 unspecified atom stereocenters. The van der Waals surface area contributed by atoms with Crippen LogP contribution in [0.25, 0.3) is 0 Å². The molecule has 0 aromatic carbocycles. The van der Waals surface area contributed by atoms with Gasteiger partial charge in [0.2, 0.25) is 0 Å². The number of hydrogen-bond donors (Lipinski definition) is 11. The summed E-state index contributed by atoms with van der Waals surface area (Å²) in [5.74, 6) is -1.99. The second kappa shape index (κ2) is 57.0. The lowest BCUT2D eigenvalue weighted by Crippen LogP contribution is -2.69. The molecule has 3 rings (SSSR count). The van der Waals surface area contributed by atoms with Crippen LogP contribution < -0.4 is 0 Å². The number of carbonyl (C=O) groups excluding carboxylic acids is 3. The fraction of sp³-hybridized carbons (Fsp3) is 0.933. The maximum Gasteiger partial charge on any atom is 0.472 e. The van der Waals surface area contributed by atoms with Crippen LogP contribution in [0.5, 0.6) is 0 Å². The molecular weight excluding hydrogens is 1320 g/mol. The Morgan fingerprint density at radius 3 is 1.09 bits per heavy atom. The van der Waals surface area contributed by atoms with E-state index in [0.29, 0.717) is 19.3 Å². The van der Waals surface area contributed by atoms with Gasteiger partial charge in [-0.3, -0.25) is 23.4 Å². The van der Waals surface area contributed by atoms with Gasteiger partial charge in [-0.05, 0) is 44.9 Å². The molecule has 0 bridgehead atoms. The zero-order valence-corrected chi connectivity index (χ0v) is 62.4. The average Bonchev–Trinajstić information content (AvgIpc) is 0.763. The van der Waals surface area contributed by atoms with E-state index in [1.54, 1.807) is 0 Å². The standard InChI is InChI=1S/C75H139O24P/c1-4-7-10-13-16-19-22-25-27-29-32-35-37-40-43-46-49-59(77)91-53-56(94-61(79)51-48-45-42-39-36-33-30-28-26-23-20-17-14-11-8-5-2)54-93-100(89,90)99-73-71(97-74-69(87)64(82)62(80)57(52-76)95-74)67(85)66(84)68(86)72(73)98-75-70(88)65(83)63(81)58(96-75)55-92-60(78)50-47-44-41-38-34-31-24-21-18-15-12-9-6-3/h31,34,56-58,62-76,80-88H,4-30,32-33,35-55H2,1-3H3,(H,89,90)/b34-31-. The normalized spacial score (nSPS) is 27.3. The summed E-state index contributed by atoms with van der Waals surface area (Å²) in [6.45, 7) is 3.47. The van der Waals surface area contributed by atoms with Crippen molar-refractivity contribution in [2.45, 2.75) is 420 Å². The summed E-state index contributed by atoms with van der Waals surface area (Å²) in [6.07, 6.45) is 16.9. The molecule has 3 fully saturated rings. The van der Waals surface area contributed by atoms with E-state index in [9.17, 15) is 74.9 Å². The van der Waals surface area contributed by atoms with Gasteiger partial charge in [0.05, 0.1) is 13.2 Å². The lowest BCUT2D eigenvalue weighted by Gasteiger charge is -2.49. The summed E-state index contributed by atoms with van der Waals surface area (Å²) in [7, 11) is -5.70. The van der Waals surface area contributed by atoms with Gasteiger partial charge in [0.25, 0.3) is 0 Å². The van der Waals surface area contributed by atoms with Crippen molar-refractivity contribution in [1.82, 2.24) is 0 Å². The second-order valence-corrected chi connectivity index (χ2v) is 29.8. The summed E-state index contributed by atoms with van der Waals surface area (Å²) in [6, 6.07) is 0. The molecule has 25 heteroatoms. The number of ether oxygens (including phenoxy) is 7. The highest BCUT2D eigenvalue weighted by Crippen LogP contribution is 2.49. The Bertz CT molecular complexity index is 2110. The van der Waals surface area contributed by atoms with Crippen LogP contribution in [0.3, 0.4) is 0 Å². The van der Waals surface area contributed by atoms with Gasteiger partial charge >= 0.3 is 25.7 Å². The van der Waals surface area contributed by atoms with Crippen molar-refractivity contribution in [2.75, 3.05) is 26.4 Å². The minimum Gasteiger partial charge on any atom is -0.463 e. The second-order valence-electron chi connectivity index (χ2n) is 28.4. The topological polar surface area (TPSA) is 374 Å². The SMILES string of the molecule is CCCCCCCC/C=C\CCCCCC(=O)OCC1OC(OC2C(O)C(O)C(O)C(OC3OC(CO)C(O)C(O)C3O)C2OP(=O)(O)OCC(COC(=O)CCCCCCCCCCCCCCCCCC)OC(=O)CCCCCCCCCCCCCCCCCC)C(O)C(O)C1O. The predicted octanol–water partition coefficient (Wildman–Crippen LogP) is 11.5. The molecule has 0 aromatic heterocycles. The largest absolute Gasteiger partial charge is 0.472 e. The molecule has 2 heterocycles. The molecule has 1 aliphatic carbocycles. The fourth-order valence-electron chi connectivity index (χ4n) is 13.1. The molecule has 1 saturated carbocycles. The van der Waals surface area contributed by atoms with Gasteiger partial charge in [0.15, 0.2) is 18.7 Å². The van der Waals surface area contributed by atoms with Crippen LogP contribution in [0, 0.1) is 0 Å². The van der Waals surface area contributed by atoms with Crippen LogP contribution in [0.15, 0.2) is 12.2 Å². The van der Waals surface area contributed by atoms with E-state index in [0.717, 1.165) is 89.9 Å². The lowest BCUT2D eigenvalue weighted by molar-refractivity contribution is -0.360. The summed E-state index contributed by atoms with van der Waals surface area (Å²) in [4.78, 5) is 51.1. The maximum absolute atomic E-state index is 14.4. The van der Waals surface area contributed by atoms with Gasteiger partial charge in [0.1, 0.15) is 98.7 Å². The minimum atomic E-state index is -5.70. The van der Waals surface area contributed by atoms with E-state index in [2.05, 4.69) is 32.9 Å². The zero-order valence-electron chi connectivity index (χ0n) is 61.5. The van der Waals surface area contributed by atoms with Crippen molar-refractivity contribution in [1.29, 1.82) is 0 Å². The molecule has 0 amide bonds. The van der Waals surface area contributed by atoms with E-state index in [1.165, 1.54) is 167 Å². The summed E-state index contributed by atoms with van der Waals surface area (Å²) in [5, 5.41) is 110. The van der Waals surface area contributed by atoms with E-state index in [4.69, 9.17) is 42.2 Å². The zero-order chi connectivity index (χ0) is 73.2. The Balaban J connectivity index is 1.72. The molecule has 0 spiro atoms. The molecule has 11 N–H and O–H groups in total. The Hall–Kier alpha value is -2.30. The van der Waals surface area contributed by atoms with Crippen LogP contribution in [0.4, 0.5) is 0 Å². The quantitative estimate of drug-likeness (QED) is 0.00886. The number of phosphoric ester groups is 1. The Morgan fingerprint density at radius 1 is 0.380 bits per heavy atom. The molecule has 18 atom stereocenters. The third-order valence-electron chi connectivity index (χ3n) is 19.5. The maximum atomic E-state index is 14.4. The van der Waals surface area contributed by atoms with Gasteiger partial charge < -0.3 is 89.1 Å². The number of esters is 3. The Labute approximate surface area is 599 Å². The highest BCUT2D eigenvalue weighted by atomic mass is 31.2. The number of aliphatic hydroxyl groups is 10. The first-order chi connectivity index (χ1) is 48.3. The summed E-state index contributed by atoms with van der Waals surface area (Å²) in [5.41, 5.74) is 0. The van der Waals surface area contributed by atoms with E-state index in [-0.39, 0.29) is 19.3 Å². The lowest BCUT2D eigenvalue weighted by atomic mass is 9.84. The van der Waals surface area contributed by atoms with Crippen molar-refractivity contribution in [3.05, 3.63) is 12.2 Å². The van der Waals surface area contributed by atoms with E-state index < -0.39 is 156 Å². The number of aliphatic hydroxyl groups excluding tert-OH is 10. The molecule has 100 heavy (non-hydrogen) atoms. The van der Waals surface area contributed by atoms with Crippen molar-refractivity contribution in [3.63, 3.8) is 0 Å². The minimum absolute atomic E-state index is 0.00947. The van der Waals surface area contributed by atoms with E-state index >= 15 is 0 Å². The molecule has 588 valence electrons. The van der Waals surface area contributed by atoms with Gasteiger partial charge in [-0.25, -0.2) is 4.57 Å². The smallest absolute Gasteiger partial charge is 0.463 e. The summed E-state index contributed by atoms with van der Waals surface area (Å²) >= 11 is 0. The Kier molecular flexibility index (Phi) is 52.3. The molecule has 0 radical (unpaired) electrons. The van der Waals surface area contributed by atoms with Crippen LogP contribution in [-0.4, -0.2) is 204 Å². The van der Waals surface area contributed by atoms with Crippen LogP contribution in [-0.2, 0) is 61.2 Å². The molecule has 2 saturated heterocycles. The predicted molar refractivity (Wildman–Crippen MR) is 379 cm³/mol. The third kappa shape index (κ3) is 39.3. The molecule has 3 aliphatic rings. The summed E-state index contributed by atoms with van der Waals surface area (Å²) < 4.78 is 65.1. The molecule has 24 nitrogen and oxygen atoms in total. The molecular formula is C75H139O24P. The third-order valence-corrected chi connectivity index (χ3v) is 20.5. The number of unbranched alkanes of at least 4 members (excludes halogenated alkanes) is 39. The van der Waals surface area contributed by atoms with Crippen molar-refractivity contribution >= 4 is 25.7 Å². The molecule has 0 aromatic rings. The van der Waals surface area contributed by atoms with Gasteiger partial charge in [-0.1, -0.05) is 264 Å². The first kappa shape index (κ1) is 91.9. The van der Waals surface area contributed by atoms with E-state index in [1.807, 2.05) is 0 Å². The molecule has 2 aliphatic heterocycles. The highest BCUT2D eigenvalue weighted by Gasteiger charge is 2.58. The number of rotatable bonds is 62. The van der Waals surface area contributed by atoms with Gasteiger partial charge in [-0.2, -0.15) is 0 Å². The van der Waals surface area contributed by atoms with Crippen LogP contribution in [0.2, 0.25) is 0 Å². The monoisotopic (exact) mass is 1450 g/mol. The van der Waals surface area contributed by atoms with Crippen molar-refractivity contribution in [2.24, 2.45) is 0 Å². The van der Waals surface area contributed by atoms with Crippen molar-refractivity contribution < 1.29 is 117 Å². The highest BCUT2D eigenvalue weighted by molar-refractivity contribution is 7.47. The first-order valence-corrected chi connectivity index (χ1v) is 41.0. The fourth-order valence-corrected chi connectivity index (χ4v) is 14.1. The van der Waals surface area contributed by atoms with Crippen LogP contribution in [0.1, 0.15) is 316 Å².